The SMILES string of the molecule is CN1C(=O)C2(N=C1N)c1cc(-c3cncc(Cl)c3)ccc1CC[C@H]2Cc1cccnc1. The monoisotopic (exact) mass is 431 g/mol. The number of nitrogens with two attached hydrogens (primary N) is 1. The van der Waals surface area contributed by atoms with Crippen LogP contribution >= 0.6 is 11.6 Å². The average Bonchev–Trinajstić information content (AvgIpc) is 3.01. The fourth-order valence-corrected chi connectivity index (χ4v) is 4.99. The van der Waals surface area contributed by atoms with Gasteiger partial charge < -0.3 is 5.73 Å². The molecule has 6 nitrogen and oxygen atoms in total. The van der Waals surface area contributed by atoms with Crippen molar-refractivity contribution >= 4 is 23.5 Å². The summed E-state index contributed by atoms with van der Waals surface area (Å²) in [6.07, 6.45) is 9.41. The van der Waals surface area contributed by atoms with Crippen LogP contribution in [0.1, 0.15) is 23.1 Å². The number of hydrogen-bond donors (Lipinski definition) is 1. The lowest BCUT2D eigenvalue weighted by molar-refractivity contribution is -0.133. The summed E-state index contributed by atoms with van der Waals surface area (Å²) < 4.78 is 0. The summed E-state index contributed by atoms with van der Waals surface area (Å²) in [5, 5.41) is 0.568. The molecule has 2 atom stereocenters. The molecule has 3 heterocycles. The highest BCUT2D eigenvalue weighted by molar-refractivity contribution is 6.30. The van der Waals surface area contributed by atoms with Crippen LogP contribution in [0.4, 0.5) is 0 Å². The van der Waals surface area contributed by atoms with E-state index >= 15 is 0 Å². The summed E-state index contributed by atoms with van der Waals surface area (Å²) in [5.74, 6) is 0.151. The number of guanidine groups is 1. The summed E-state index contributed by atoms with van der Waals surface area (Å²) in [6, 6.07) is 12.0. The summed E-state index contributed by atoms with van der Waals surface area (Å²) in [5.41, 5.74) is 10.1. The quantitative estimate of drug-likeness (QED) is 0.686. The van der Waals surface area contributed by atoms with Crippen LogP contribution < -0.4 is 5.73 Å². The number of aromatic nitrogens is 2. The first-order valence-corrected chi connectivity index (χ1v) is 10.6. The Morgan fingerprint density at radius 2 is 2.03 bits per heavy atom. The highest BCUT2D eigenvalue weighted by Gasteiger charge is 2.55. The van der Waals surface area contributed by atoms with Crippen LogP contribution in [0.3, 0.4) is 0 Å². The van der Waals surface area contributed by atoms with Crippen LogP contribution in [0, 0.1) is 5.92 Å². The van der Waals surface area contributed by atoms with Crippen molar-refractivity contribution in [3.8, 4) is 11.1 Å². The third-order valence-corrected chi connectivity index (χ3v) is 6.59. The van der Waals surface area contributed by atoms with Crippen LogP contribution in [-0.4, -0.2) is 33.8 Å². The molecule has 1 aliphatic heterocycles. The predicted molar refractivity (Wildman–Crippen MR) is 121 cm³/mol. The first-order chi connectivity index (χ1) is 15.0. The fourth-order valence-electron chi connectivity index (χ4n) is 4.81. The zero-order chi connectivity index (χ0) is 21.6. The van der Waals surface area contributed by atoms with Gasteiger partial charge in [0.2, 0.25) is 0 Å². The number of likely N-dealkylation sites (N-methyl/N-ethyl adjacent to an activating group) is 1. The molecule has 31 heavy (non-hydrogen) atoms. The van der Waals surface area contributed by atoms with Crippen molar-refractivity contribution < 1.29 is 4.79 Å². The Balaban J connectivity index is 1.67. The molecule has 1 aliphatic carbocycles. The average molecular weight is 432 g/mol. The second-order valence-corrected chi connectivity index (χ2v) is 8.60. The number of rotatable bonds is 3. The molecule has 3 aromatic rings. The lowest BCUT2D eigenvalue weighted by atomic mass is 9.66. The molecule has 0 fully saturated rings. The molecule has 2 N–H and O–H groups in total. The Morgan fingerprint density at radius 3 is 2.74 bits per heavy atom. The van der Waals surface area contributed by atoms with Crippen LogP contribution in [0.15, 0.2) is 66.2 Å². The minimum atomic E-state index is -1.04. The smallest absolute Gasteiger partial charge is 0.261 e. The number of carbonyl (C=O) groups is 1. The van der Waals surface area contributed by atoms with Gasteiger partial charge in [-0.3, -0.25) is 19.7 Å². The maximum Gasteiger partial charge on any atom is 0.261 e. The molecule has 2 aliphatic rings. The van der Waals surface area contributed by atoms with Gasteiger partial charge in [-0.2, -0.15) is 0 Å². The summed E-state index contributed by atoms with van der Waals surface area (Å²) in [4.78, 5) is 28.4. The highest BCUT2D eigenvalue weighted by Crippen LogP contribution is 2.48. The van der Waals surface area contributed by atoms with Crippen molar-refractivity contribution in [2.24, 2.45) is 16.6 Å². The molecule has 7 heteroatoms. The third-order valence-electron chi connectivity index (χ3n) is 6.38. The maximum atomic E-state index is 13.6. The van der Waals surface area contributed by atoms with E-state index in [1.54, 1.807) is 25.6 Å². The number of nitrogens with zero attached hydrogens (tertiary/aromatic N) is 4. The molecule has 1 amide bonds. The number of aliphatic imine (C=N–C) groups is 1. The number of carbonyl (C=O) groups excluding carboxylic acids is 1. The Bertz CT molecular complexity index is 1200. The van der Waals surface area contributed by atoms with Gasteiger partial charge in [0, 0.05) is 43.3 Å². The van der Waals surface area contributed by atoms with E-state index in [0.717, 1.165) is 40.7 Å². The van der Waals surface area contributed by atoms with Gasteiger partial charge in [0.1, 0.15) is 0 Å². The van der Waals surface area contributed by atoms with Crippen LogP contribution in [0.2, 0.25) is 5.02 Å². The first kappa shape index (κ1) is 19.7. The number of benzene rings is 1. The van der Waals surface area contributed by atoms with E-state index in [1.807, 2.05) is 24.4 Å². The zero-order valence-corrected chi connectivity index (χ0v) is 17.9. The number of halogens is 1. The maximum absolute atomic E-state index is 13.6. The van der Waals surface area contributed by atoms with Gasteiger partial charge in [-0.15, -0.1) is 0 Å². The number of aryl methyl sites for hydroxylation is 1. The number of pyridine rings is 2. The number of amides is 1. The van der Waals surface area contributed by atoms with Crippen LogP contribution in [0.25, 0.3) is 11.1 Å². The molecule has 0 saturated heterocycles. The van der Waals surface area contributed by atoms with Gasteiger partial charge in [0.15, 0.2) is 11.5 Å². The Morgan fingerprint density at radius 1 is 1.16 bits per heavy atom. The molecule has 1 unspecified atom stereocenters. The lowest BCUT2D eigenvalue weighted by Crippen LogP contribution is -2.48. The van der Waals surface area contributed by atoms with Crippen molar-refractivity contribution in [3.05, 3.63) is 82.9 Å². The molecule has 156 valence electrons. The van der Waals surface area contributed by atoms with Crippen molar-refractivity contribution in [2.45, 2.75) is 24.8 Å². The highest BCUT2D eigenvalue weighted by atomic mass is 35.5. The first-order valence-electron chi connectivity index (χ1n) is 10.3. The predicted octanol–water partition coefficient (Wildman–Crippen LogP) is 3.58. The molecule has 0 saturated carbocycles. The topological polar surface area (TPSA) is 84.5 Å². The summed E-state index contributed by atoms with van der Waals surface area (Å²) in [6.45, 7) is 0. The standard InChI is InChI=1S/C24H22ClN5O/c1-30-22(31)24(29-23(30)26)19(9-15-3-2-8-27-12-15)7-6-16-4-5-17(11-21(16)24)18-10-20(25)14-28-13-18/h2-5,8,10-14,19H,6-7,9H2,1H3,(H2,26,29)/t19-,24?/m0/s1. The molecule has 5 rings (SSSR count). The van der Waals surface area contributed by atoms with Gasteiger partial charge in [0.25, 0.3) is 5.91 Å². The minimum absolute atomic E-state index is 0.0204. The number of hydrogen-bond acceptors (Lipinski definition) is 5. The third kappa shape index (κ3) is 3.18. The fraction of sp³-hybridized carbons (Fsp3) is 0.250. The molecular formula is C24H22ClN5O. The van der Waals surface area contributed by atoms with E-state index in [2.05, 4.69) is 28.2 Å². The van der Waals surface area contributed by atoms with Crippen LogP contribution in [-0.2, 0) is 23.2 Å². The molecule has 1 aromatic carbocycles. The van der Waals surface area contributed by atoms with Crippen molar-refractivity contribution in [2.75, 3.05) is 7.05 Å². The van der Waals surface area contributed by atoms with E-state index < -0.39 is 5.54 Å². The minimum Gasteiger partial charge on any atom is -0.369 e. The van der Waals surface area contributed by atoms with E-state index in [1.165, 1.54) is 4.90 Å². The van der Waals surface area contributed by atoms with Crippen molar-refractivity contribution in [1.29, 1.82) is 0 Å². The van der Waals surface area contributed by atoms with E-state index in [0.29, 0.717) is 11.4 Å². The molecule has 1 spiro atoms. The normalized spacial score (nSPS) is 22.5. The Labute approximate surface area is 185 Å². The summed E-state index contributed by atoms with van der Waals surface area (Å²) in [7, 11) is 1.69. The Kier molecular flexibility index (Phi) is 4.74. The lowest BCUT2D eigenvalue weighted by Gasteiger charge is -2.39. The molecule has 0 radical (unpaired) electrons. The molecule has 0 bridgehead atoms. The zero-order valence-electron chi connectivity index (χ0n) is 17.1. The van der Waals surface area contributed by atoms with E-state index in [9.17, 15) is 4.79 Å². The largest absolute Gasteiger partial charge is 0.369 e. The number of fused-ring (bicyclic) bond motifs is 2. The van der Waals surface area contributed by atoms with Gasteiger partial charge >= 0.3 is 0 Å². The van der Waals surface area contributed by atoms with Gasteiger partial charge in [-0.25, -0.2) is 4.99 Å². The van der Waals surface area contributed by atoms with Gasteiger partial charge in [0.05, 0.1) is 5.02 Å². The van der Waals surface area contributed by atoms with Crippen molar-refractivity contribution in [3.63, 3.8) is 0 Å². The molecular weight excluding hydrogens is 410 g/mol. The van der Waals surface area contributed by atoms with E-state index in [4.69, 9.17) is 22.3 Å². The Hall–Kier alpha value is -3.25. The second kappa shape index (κ2) is 7.46. The van der Waals surface area contributed by atoms with Gasteiger partial charge in [-0.1, -0.05) is 29.8 Å². The van der Waals surface area contributed by atoms with Crippen LogP contribution in [0.5, 0.6) is 0 Å². The summed E-state index contributed by atoms with van der Waals surface area (Å²) >= 11 is 6.17. The van der Waals surface area contributed by atoms with Gasteiger partial charge in [-0.05, 0) is 59.7 Å². The van der Waals surface area contributed by atoms with Crippen molar-refractivity contribution in [1.82, 2.24) is 14.9 Å². The second-order valence-electron chi connectivity index (χ2n) is 8.17. The van der Waals surface area contributed by atoms with E-state index in [-0.39, 0.29) is 17.8 Å². The molecule has 2 aromatic heterocycles.